The first-order valence-corrected chi connectivity index (χ1v) is 5.52. The van der Waals surface area contributed by atoms with E-state index in [9.17, 15) is 9.65 Å². The largest absolute Gasteiger partial charge is 0.366 e. The van der Waals surface area contributed by atoms with Crippen LogP contribution in [0, 0.1) is 24.1 Å². The van der Waals surface area contributed by atoms with Gasteiger partial charge in [-0.25, -0.2) is 4.39 Å². The van der Waals surface area contributed by atoms with Crippen LogP contribution in [0.4, 0.5) is 10.1 Å². The molecule has 1 heterocycles. The zero-order valence-corrected chi connectivity index (χ0v) is 10.2. The minimum absolute atomic E-state index is 0.299. The maximum atomic E-state index is 12.8. The molecule has 2 aromatic rings. The summed E-state index contributed by atoms with van der Waals surface area (Å²) >= 11 is 0. The Morgan fingerprint density at radius 3 is 2.56 bits per heavy atom. The summed E-state index contributed by atoms with van der Waals surface area (Å²) < 4.78 is 14.5. The molecule has 1 aromatic carbocycles. The number of hydrogen-bond donors (Lipinski definition) is 1. The van der Waals surface area contributed by atoms with E-state index in [1.54, 1.807) is 23.0 Å². The Balaban J connectivity index is 2.23. The van der Waals surface area contributed by atoms with E-state index in [0.29, 0.717) is 5.69 Å². The number of anilines is 1. The lowest BCUT2D eigenvalue weighted by Gasteiger charge is -2.12. The van der Waals surface area contributed by atoms with E-state index < -0.39 is 6.04 Å². The number of nitrogens with zero attached hydrogens (tertiary/aromatic N) is 3. The molecule has 0 saturated heterocycles. The van der Waals surface area contributed by atoms with Gasteiger partial charge in [-0.2, -0.15) is 10.4 Å². The topological polar surface area (TPSA) is 53.6 Å². The molecule has 0 bridgehead atoms. The molecule has 0 aliphatic heterocycles. The molecule has 1 atom stereocenters. The SMILES string of the molecule is Cc1c(C(C#N)Nc2ccc(F)cc2)cnn1C. The Morgan fingerprint density at radius 1 is 1.39 bits per heavy atom. The Bertz CT molecular complexity index is 580. The van der Waals surface area contributed by atoms with Crippen molar-refractivity contribution in [1.82, 2.24) is 9.78 Å². The van der Waals surface area contributed by atoms with E-state index >= 15 is 0 Å². The molecular formula is C13H13FN4. The van der Waals surface area contributed by atoms with E-state index in [0.717, 1.165) is 11.3 Å². The van der Waals surface area contributed by atoms with E-state index in [4.69, 9.17) is 0 Å². The quantitative estimate of drug-likeness (QED) is 0.902. The molecule has 18 heavy (non-hydrogen) atoms. The van der Waals surface area contributed by atoms with Gasteiger partial charge in [-0.05, 0) is 31.2 Å². The molecule has 0 spiro atoms. The van der Waals surface area contributed by atoms with Crippen LogP contribution in [0.1, 0.15) is 17.3 Å². The summed E-state index contributed by atoms with van der Waals surface area (Å²) in [5.74, 6) is -0.299. The maximum Gasteiger partial charge on any atom is 0.143 e. The smallest absolute Gasteiger partial charge is 0.143 e. The third-order valence-corrected chi connectivity index (χ3v) is 2.87. The molecule has 0 amide bonds. The number of aromatic nitrogens is 2. The fourth-order valence-electron chi connectivity index (χ4n) is 1.69. The summed E-state index contributed by atoms with van der Waals surface area (Å²) in [4.78, 5) is 0. The number of nitrogens with one attached hydrogen (secondary N) is 1. The van der Waals surface area contributed by atoms with Crippen molar-refractivity contribution in [2.24, 2.45) is 7.05 Å². The van der Waals surface area contributed by atoms with Crippen LogP contribution in [0.2, 0.25) is 0 Å². The van der Waals surface area contributed by atoms with Gasteiger partial charge in [-0.1, -0.05) is 0 Å². The minimum Gasteiger partial charge on any atom is -0.366 e. The fraction of sp³-hybridized carbons (Fsp3) is 0.231. The standard InChI is InChI=1S/C13H13FN4/c1-9-12(8-16-18(9)2)13(7-15)17-11-5-3-10(14)4-6-11/h3-6,8,13,17H,1-2H3. The number of halogens is 1. The van der Waals surface area contributed by atoms with E-state index in [1.807, 2.05) is 14.0 Å². The molecule has 0 fully saturated rings. The van der Waals surface area contributed by atoms with Crippen LogP contribution in [-0.2, 0) is 7.05 Å². The zero-order valence-electron chi connectivity index (χ0n) is 10.2. The Labute approximate surface area is 105 Å². The van der Waals surface area contributed by atoms with Crippen LogP contribution >= 0.6 is 0 Å². The summed E-state index contributed by atoms with van der Waals surface area (Å²) in [7, 11) is 1.82. The molecule has 5 heteroatoms. The average Bonchev–Trinajstić information content (AvgIpc) is 2.70. The van der Waals surface area contributed by atoms with Gasteiger partial charge in [0.05, 0.1) is 12.3 Å². The van der Waals surface area contributed by atoms with Crippen LogP contribution in [0.5, 0.6) is 0 Å². The van der Waals surface area contributed by atoms with Gasteiger partial charge in [0.1, 0.15) is 11.9 Å². The van der Waals surface area contributed by atoms with Crippen LogP contribution in [0.3, 0.4) is 0 Å². The van der Waals surface area contributed by atoms with E-state index in [1.165, 1.54) is 12.1 Å². The minimum atomic E-state index is -0.496. The molecule has 4 nitrogen and oxygen atoms in total. The molecule has 92 valence electrons. The molecule has 0 saturated carbocycles. The average molecular weight is 244 g/mol. The van der Waals surface area contributed by atoms with Gasteiger partial charge < -0.3 is 5.32 Å². The number of aryl methyl sites for hydroxylation is 1. The first kappa shape index (κ1) is 12.1. The molecule has 0 aliphatic rings. The summed E-state index contributed by atoms with van der Waals surface area (Å²) in [5.41, 5.74) is 2.45. The summed E-state index contributed by atoms with van der Waals surface area (Å²) in [6.07, 6.45) is 1.67. The van der Waals surface area contributed by atoms with Crippen LogP contribution in [0.25, 0.3) is 0 Å². The van der Waals surface area contributed by atoms with Gasteiger partial charge in [-0.15, -0.1) is 0 Å². The highest BCUT2D eigenvalue weighted by atomic mass is 19.1. The van der Waals surface area contributed by atoms with Crippen LogP contribution in [0.15, 0.2) is 30.5 Å². The van der Waals surface area contributed by atoms with Crippen molar-refractivity contribution in [2.75, 3.05) is 5.32 Å². The summed E-state index contributed by atoms with van der Waals surface area (Å²) in [6, 6.07) is 7.59. The van der Waals surface area contributed by atoms with Crippen LogP contribution in [-0.4, -0.2) is 9.78 Å². The molecule has 1 unspecified atom stereocenters. The second-order valence-electron chi connectivity index (χ2n) is 4.02. The molecule has 1 N–H and O–H groups in total. The Kier molecular flexibility index (Phi) is 3.28. The molecule has 1 aromatic heterocycles. The van der Waals surface area contributed by atoms with E-state index in [-0.39, 0.29) is 5.82 Å². The third kappa shape index (κ3) is 2.33. The number of nitriles is 1. The lowest BCUT2D eigenvalue weighted by atomic mass is 10.1. The van der Waals surface area contributed by atoms with Gasteiger partial charge >= 0.3 is 0 Å². The van der Waals surface area contributed by atoms with Crippen molar-refractivity contribution in [2.45, 2.75) is 13.0 Å². The van der Waals surface area contributed by atoms with Crippen molar-refractivity contribution in [3.63, 3.8) is 0 Å². The molecule has 2 rings (SSSR count). The Hall–Kier alpha value is -2.35. The van der Waals surface area contributed by atoms with Gasteiger partial charge in [0.15, 0.2) is 0 Å². The van der Waals surface area contributed by atoms with Crippen molar-refractivity contribution in [1.29, 1.82) is 5.26 Å². The van der Waals surface area contributed by atoms with Gasteiger partial charge in [-0.3, -0.25) is 4.68 Å². The monoisotopic (exact) mass is 244 g/mol. The van der Waals surface area contributed by atoms with Gasteiger partial charge in [0.25, 0.3) is 0 Å². The fourth-order valence-corrected chi connectivity index (χ4v) is 1.69. The van der Waals surface area contributed by atoms with Crippen molar-refractivity contribution in [3.8, 4) is 6.07 Å². The number of benzene rings is 1. The van der Waals surface area contributed by atoms with Crippen molar-refractivity contribution >= 4 is 5.69 Å². The lowest BCUT2D eigenvalue weighted by molar-refractivity contribution is 0.628. The third-order valence-electron chi connectivity index (χ3n) is 2.87. The number of hydrogen-bond acceptors (Lipinski definition) is 3. The highest BCUT2D eigenvalue weighted by molar-refractivity contribution is 5.47. The first-order chi connectivity index (χ1) is 8.61. The highest BCUT2D eigenvalue weighted by Gasteiger charge is 2.15. The molecular weight excluding hydrogens is 231 g/mol. The number of rotatable bonds is 3. The first-order valence-electron chi connectivity index (χ1n) is 5.52. The van der Waals surface area contributed by atoms with Gasteiger partial charge in [0.2, 0.25) is 0 Å². The van der Waals surface area contributed by atoms with Crippen LogP contribution < -0.4 is 5.32 Å². The Morgan fingerprint density at radius 2 is 2.06 bits per heavy atom. The van der Waals surface area contributed by atoms with Crippen molar-refractivity contribution < 1.29 is 4.39 Å². The predicted octanol–water partition coefficient (Wildman–Crippen LogP) is 2.54. The zero-order chi connectivity index (χ0) is 13.1. The molecule has 0 radical (unpaired) electrons. The second kappa shape index (κ2) is 4.88. The van der Waals surface area contributed by atoms with Gasteiger partial charge in [0, 0.05) is 24.0 Å². The second-order valence-corrected chi connectivity index (χ2v) is 4.02. The lowest BCUT2D eigenvalue weighted by Crippen LogP contribution is -2.09. The maximum absolute atomic E-state index is 12.8. The van der Waals surface area contributed by atoms with Crippen molar-refractivity contribution in [3.05, 3.63) is 47.5 Å². The van der Waals surface area contributed by atoms with E-state index in [2.05, 4.69) is 16.5 Å². The molecule has 0 aliphatic carbocycles. The summed E-state index contributed by atoms with van der Waals surface area (Å²) in [6.45, 7) is 1.90. The highest BCUT2D eigenvalue weighted by Crippen LogP contribution is 2.21. The normalized spacial score (nSPS) is 11.9. The summed E-state index contributed by atoms with van der Waals surface area (Å²) in [5, 5.41) is 16.4. The predicted molar refractivity (Wildman–Crippen MR) is 66.3 cm³/mol.